The average molecular weight is 278 g/mol. The molecule has 0 bridgehead atoms. The van der Waals surface area contributed by atoms with Crippen molar-refractivity contribution in [1.82, 2.24) is 4.90 Å². The smallest absolute Gasteiger partial charge is 0.288 e. The lowest BCUT2D eigenvalue weighted by Crippen LogP contribution is -2.37. The minimum absolute atomic E-state index is 0.0738. The molecule has 0 radical (unpaired) electrons. The van der Waals surface area contributed by atoms with Crippen LogP contribution in [-0.2, 0) is 4.79 Å². The van der Waals surface area contributed by atoms with Gasteiger partial charge in [0.05, 0.1) is 5.75 Å². The van der Waals surface area contributed by atoms with E-state index in [4.69, 9.17) is 0 Å². The van der Waals surface area contributed by atoms with Crippen LogP contribution in [0, 0.1) is 6.92 Å². The Balaban J connectivity index is 2.00. The molecule has 4 nitrogen and oxygen atoms in total. The van der Waals surface area contributed by atoms with Crippen molar-refractivity contribution in [1.29, 1.82) is 0 Å². The normalized spacial score (nSPS) is 15.2. The van der Waals surface area contributed by atoms with Crippen molar-refractivity contribution in [2.75, 3.05) is 30.3 Å². The predicted molar refractivity (Wildman–Crippen MR) is 78.6 cm³/mol. The average Bonchev–Trinajstić information content (AvgIpc) is 2.71. The molecule has 1 aliphatic heterocycles. The molecule has 0 saturated carbocycles. The predicted octanol–water partition coefficient (Wildman–Crippen LogP) is 2.52. The lowest BCUT2D eigenvalue weighted by Gasteiger charge is -2.25. The molecular weight excluding hydrogens is 260 g/mol. The van der Waals surface area contributed by atoms with Crippen LogP contribution in [0.25, 0.3) is 0 Å². The van der Waals surface area contributed by atoms with E-state index in [9.17, 15) is 9.59 Å². The lowest BCUT2D eigenvalue weighted by molar-refractivity contribution is -0.124. The second-order valence-corrected chi connectivity index (χ2v) is 5.45. The maximum absolute atomic E-state index is 11.5. The van der Waals surface area contributed by atoms with E-state index in [2.05, 4.69) is 36.9 Å². The Morgan fingerprint density at radius 3 is 2.74 bits per heavy atom. The summed E-state index contributed by atoms with van der Waals surface area (Å²) in [5.41, 5.74) is 2.34. The first-order chi connectivity index (χ1) is 9.11. The van der Waals surface area contributed by atoms with Gasteiger partial charge in [-0.2, -0.15) is 0 Å². The Hall–Kier alpha value is -1.49. The van der Waals surface area contributed by atoms with Crippen molar-refractivity contribution in [2.45, 2.75) is 13.8 Å². The van der Waals surface area contributed by atoms with Crippen LogP contribution in [-0.4, -0.2) is 41.4 Å². The van der Waals surface area contributed by atoms with E-state index in [1.807, 2.05) is 6.07 Å². The Morgan fingerprint density at radius 2 is 2.16 bits per heavy atom. The molecule has 1 heterocycles. The van der Waals surface area contributed by atoms with Gasteiger partial charge in [0.15, 0.2) is 0 Å². The molecular formula is C14H18N2O2S. The number of aryl methyl sites for hydroxylation is 1. The quantitative estimate of drug-likeness (QED) is 0.830. The van der Waals surface area contributed by atoms with Crippen LogP contribution < -0.4 is 4.90 Å². The molecule has 1 aromatic rings. The first-order valence-corrected chi connectivity index (χ1v) is 7.39. The molecule has 19 heavy (non-hydrogen) atoms. The highest BCUT2D eigenvalue weighted by Gasteiger charge is 2.29. The molecule has 0 aliphatic carbocycles. The summed E-state index contributed by atoms with van der Waals surface area (Å²) < 4.78 is 0. The highest BCUT2D eigenvalue weighted by atomic mass is 32.2. The summed E-state index contributed by atoms with van der Waals surface area (Å²) in [5, 5.41) is -0.120. The van der Waals surface area contributed by atoms with Crippen molar-refractivity contribution in [3.05, 3.63) is 29.8 Å². The van der Waals surface area contributed by atoms with Crippen molar-refractivity contribution >= 4 is 28.6 Å². The largest absolute Gasteiger partial charge is 0.370 e. The Morgan fingerprint density at radius 1 is 1.37 bits per heavy atom. The molecule has 5 heteroatoms. The van der Waals surface area contributed by atoms with E-state index in [-0.39, 0.29) is 16.9 Å². The van der Waals surface area contributed by atoms with Crippen molar-refractivity contribution in [2.24, 2.45) is 0 Å². The molecule has 1 aliphatic rings. The summed E-state index contributed by atoms with van der Waals surface area (Å²) in [4.78, 5) is 26.6. The van der Waals surface area contributed by atoms with Crippen molar-refractivity contribution < 1.29 is 9.59 Å². The zero-order valence-electron chi connectivity index (χ0n) is 11.3. The van der Waals surface area contributed by atoms with E-state index in [1.54, 1.807) is 0 Å². The highest BCUT2D eigenvalue weighted by molar-refractivity contribution is 8.14. The maximum Gasteiger partial charge on any atom is 0.288 e. The summed E-state index contributed by atoms with van der Waals surface area (Å²) in [6.07, 6.45) is 0. The summed E-state index contributed by atoms with van der Waals surface area (Å²) in [5.74, 6) is 0.213. The van der Waals surface area contributed by atoms with E-state index >= 15 is 0 Å². The van der Waals surface area contributed by atoms with Crippen LogP contribution in [0.5, 0.6) is 0 Å². The summed E-state index contributed by atoms with van der Waals surface area (Å²) in [6, 6.07) is 8.25. The molecule has 2 amide bonds. The fraction of sp³-hybridized carbons (Fsp3) is 0.429. The van der Waals surface area contributed by atoms with Crippen LogP contribution in [0.2, 0.25) is 0 Å². The number of amides is 2. The number of imide groups is 1. The van der Waals surface area contributed by atoms with Gasteiger partial charge < -0.3 is 4.90 Å². The van der Waals surface area contributed by atoms with Crippen LogP contribution in [0.3, 0.4) is 0 Å². The lowest BCUT2D eigenvalue weighted by atomic mass is 10.2. The Bertz CT molecular complexity index is 474. The minimum atomic E-state index is -0.120. The number of carbonyl (C=O) groups is 2. The van der Waals surface area contributed by atoms with Gasteiger partial charge in [-0.15, -0.1) is 0 Å². The van der Waals surface area contributed by atoms with Crippen molar-refractivity contribution in [3.63, 3.8) is 0 Å². The number of rotatable bonds is 5. The number of hydrogen-bond acceptors (Lipinski definition) is 4. The van der Waals surface area contributed by atoms with Crippen LogP contribution in [0.1, 0.15) is 12.5 Å². The number of likely N-dealkylation sites (N-methyl/N-ethyl adjacent to an activating group) is 1. The molecule has 0 spiro atoms. The standard InChI is InChI=1S/C14H18N2O2S/c1-3-15(12-6-4-5-11(2)9-12)7-8-16-13(17)10-19-14(16)18/h4-6,9H,3,7-8,10H2,1-2H3. The molecule has 1 saturated heterocycles. The van der Waals surface area contributed by atoms with Crippen LogP contribution in [0.4, 0.5) is 10.5 Å². The highest BCUT2D eigenvalue weighted by Crippen LogP contribution is 2.20. The fourth-order valence-electron chi connectivity index (χ4n) is 2.11. The first-order valence-electron chi connectivity index (χ1n) is 6.40. The molecule has 102 valence electrons. The first kappa shape index (κ1) is 13.9. The number of benzene rings is 1. The Labute approximate surface area is 117 Å². The van der Waals surface area contributed by atoms with Crippen LogP contribution in [0.15, 0.2) is 24.3 Å². The van der Waals surface area contributed by atoms with Gasteiger partial charge >= 0.3 is 0 Å². The molecule has 0 unspecified atom stereocenters. The van der Waals surface area contributed by atoms with E-state index in [0.29, 0.717) is 13.1 Å². The van der Waals surface area contributed by atoms with Gasteiger partial charge in [0.2, 0.25) is 5.91 Å². The molecule has 1 aromatic carbocycles. The second kappa shape index (κ2) is 6.10. The van der Waals surface area contributed by atoms with Gasteiger partial charge in [-0.05, 0) is 31.5 Å². The maximum atomic E-state index is 11.5. The topological polar surface area (TPSA) is 40.6 Å². The number of nitrogens with zero attached hydrogens (tertiary/aromatic N) is 2. The third-order valence-corrected chi connectivity index (χ3v) is 4.04. The second-order valence-electron chi connectivity index (χ2n) is 4.52. The van der Waals surface area contributed by atoms with Gasteiger partial charge in [-0.25, -0.2) is 0 Å². The summed E-state index contributed by atoms with van der Waals surface area (Å²) >= 11 is 1.09. The van der Waals surface area contributed by atoms with Crippen molar-refractivity contribution in [3.8, 4) is 0 Å². The molecule has 1 fully saturated rings. The fourth-order valence-corrected chi connectivity index (χ4v) is 2.86. The zero-order chi connectivity index (χ0) is 13.8. The van der Waals surface area contributed by atoms with Gasteiger partial charge in [-0.3, -0.25) is 14.5 Å². The number of carbonyl (C=O) groups excluding carboxylic acids is 2. The number of anilines is 1. The van der Waals surface area contributed by atoms with Gasteiger partial charge in [0, 0.05) is 25.3 Å². The number of hydrogen-bond donors (Lipinski definition) is 0. The number of thioether (sulfide) groups is 1. The molecule has 2 rings (SSSR count). The van der Waals surface area contributed by atoms with E-state index in [0.717, 1.165) is 24.0 Å². The zero-order valence-corrected chi connectivity index (χ0v) is 12.1. The molecule has 0 atom stereocenters. The third-order valence-electron chi connectivity index (χ3n) is 3.18. The summed E-state index contributed by atoms with van der Waals surface area (Å²) in [7, 11) is 0. The molecule has 0 aromatic heterocycles. The minimum Gasteiger partial charge on any atom is -0.370 e. The van der Waals surface area contributed by atoms with E-state index in [1.165, 1.54) is 10.5 Å². The summed E-state index contributed by atoms with van der Waals surface area (Å²) in [6.45, 7) is 6.13. The SMILES string of the molecule is CCN(CCN1C(=O)CSC1=O)c1cccc(C)c1. The Kier molecular flexibility index (Phi) is 4.47. The van der Waals surface area contributed by atoms with Gasteiger partial charge in [-0.1, -0.05) is 23.9 Å². The monoisotopic (exact) mass is 278 g/mol. The molecule has 0 N–H and O–H groups in total. The van der Waals surface area contributed by atoms with Gasteiger partial charge in [0.25, 0.3) is 5.24 Å². The van der Waals surface area contributed by atoms with E-state index < -0.39 is 0 Å². The van der Waals surface area contributed by atoms with Crippen LogP contribution >= 0.6 is 11.8 Å². The third kappa shape index (κ3) is 3.29. The van der Waals surface area contributed by atoms with Gasteiger partial charge in [0.1, 0.15) is 0 Å².